The number of aliphatic hydroxyl groups is 1. The summed E-state index contributed by atoms with van der Waals surface area (Å²) < 4.78 is 0. The fraction of sp³-hybridized carbons (Fsp3) is 1.00. The average molecular weight is 188 g/mol. The summed E-state index contributed by atoms with van der Waals surface area (Å²) in [5.41, 5.74) is 0. The highest BCUT2D eigenvalue weighted by atomic mass is 16.3. The van der Waals surface area contributed by atoms with E-state index in [9.17, 15) is 0 Å². The third kappa shape index (κ3) is 33.4. The number of hydrogen-bond donors (Lipinski definition) is 1. The van der Waals surface area contributed by atoms with Gasteiger partial charge in [0.2, 0.25) is 0 Å². The van der Waals surface area contributed by atoms with Crippen molar-refractivity contribution in [3.05, 3.63) is 0 Å². The van der Waals surface area contributed by atoms with Crippen LogP contribution in [0.25, 0.3) is 0 Å². The smallest absolute Gasteiger partial charge is 0.0483 e. The summed E-state index contributed by atoms with van der Waals surface area (Å²) in [5, 5.41) is 8.06. The second kappa shape index (κ2) is 14.5. The first-order valence-electron chi connectivity index (χ1n) is 5.83. The van der Waals surface area contributed by atoms with Crippen LogP contribution in [0.5, 0.6) is 0 Å². The van der Waals surface area contributed by atoms with Crippen LogP contribution in [0.15, 0.2) is 0 Å². The van der Waals surface area contributed by atoms with Crippen LogP contribution in [0.3, 0.4) is 0 Å². The van der Waals surface area contributed by atoms with Crippen LogP contribution in [0.1, 0.15) is 72.6 Å². The molecule has 0 bridgehead atoms. The van der Waals surface area contributed by atoms with Gasteiger partial charge in [-0.05, 0) is 13.8 Å². The van der Waals surface area contributed by atoms with Gasteiger partial charge in [-0.1, -0.05) is 58.8 Å². The average Bonchev–Trinajstić information content (AvgIpc) is 2.03. The Morgan fingerprint density at radius 1 is 0.769 bits per heavy atom. The van der Waals surface area contributed by atoms with E-state index < -0.39 is 0 Å². The molecule has 13 heavy (non-hydrogen) atoms. The number of aliphatic hydroxyl groups excluding tert-OH is 1. The van der Waals surface area contributed by atoms with E-state index in [0.29, 0.717) is 0 Å². The molecular formula is C12H28O. The first-order valence-corrected chi connectivity index (χ1v) is 5.83. The summed E-state index contributed by atoms with van der Waals surface area (Å²) >= 11 is 0. The van der Waals surface area contributed by atoms with Crippen molar-refractivity contribution in [3.8, 4) is 0 Å². The number of hydrogen-bond acceptors (Lipinski definition) is 1. The summed E-state index contributed by atoms with van der Waals surface area (Å²) in [4.78, 5) is 0. The highest BCUT2D eigenvalue weighted by Crippen LogP contribution is 2.05. The van der Waals surface area contributed by atoms with E-state index in [1.165, 1.54) is 44.9 Å². The molecule has 1 heteroatoms. The lowest BCUT2D eigenvalue weighted by molar-refractivity contribution is 0.216. The SMILES string of the molecule is CC(C)O.CCCCCCCCC. The summed E-state index contributed by atoms with van der Waals surface area (Å²) in [6, 6.07) is 0. The van der Waals surface area contributed by atoms with Gasteiger partial charge in [-0.25, -0.2) is 0 Å². The molecule has 0 amide bonds. The van der Waals surface area contributed by atoms with Crippen LogP contribution < -0.4 is 0 Å². The van der Waals surface area contributed by atoms with E-state index >= 15 is 0 Å². The fourth-order valence-electron chi connectivity index (χ4n) is 1.03. The van der Waals surface area contributed by atoms with Crippen LogP contribution in [-0.2, 0) is 0 Å². The van der Waals surface area contributed by atoms with Gasteiger partial charge in [-0.2, -0.15) is 0 Å². The Labute approximate surface area is 84.6 Å². The van der Waals surface area contributed by atoms with E-state index in [0.717, 1.165) is 0 Å². The van der Waals surface area contributed by atoms with Crippen molar-refractivity contribution in [2.45, 2.75) is 78.7 Å². The molecule has 0 rings (SSSR count). The summed E-state index contributed by atoms with van der Waals surface area (Å²) in [6.07, 6.45) is 9.81. The molecular weight excluding hydrogens is 160 g/mol. The quantitative estimate of drug-likeness (QED) is 0.621. The molecule has 0 saturated carbocycles. The zero-order chi connectivity index (χ0) is 10.5. The molecule has 0 radical (unpaired) electrons. The van der Waals surface area contributed by atoms with Crippen LogP contribution in [0.4, 0.5) is 0 Å². The normalized spacial score (nSPS) is 9.69. The van der Waals surface area contributed by atoms with Gasteiger partial charge in [-0.15, -0.1) is 0 Å². The van der Waals surface area contributed by atoms with Gasteiger partial charge in [0, 0.05) is 6.10 Å². The van der Waals surface area contributed by atoms with E-state index in [-0.39, 0.29) is 6.10 Å². The monoisotopic (exact) mass is 188 g/mol. The second-order valence-corrected chi connectivity index (χ2v) is 3.86. The van der Waals surface area contributed by atoms with Gasteiger partial charge in [0.05, 0.1) is 0 Å². The topological polar surface area (TPSA) is 20.2 Å². The highest BCUT2D eigenvalue weighted by Gasteiger charge is 1.85. The lowest BCUT2D eigenvalue weighted by Gasteiger charge is -1.96. The Morgan fingerprint density at radius 3 is 1.23 bits per heavy atom. The minimum atomic E-state index is -0.167. The highest BCUT2D eigenvalue weighted by molar-refractivity contribution is 4.41. The maximum Gasteiger partial charge on any atom is 0.0483 e. The first kappa shape index (κ1) is 15.4. The van der Waals surface area contributed by atoms with Gasteiger partial charge in [-0.3, -0.25) is 0 Å². The molecule has 0 aromatic rings. The minimum absolute atomic E-state index is 0.167. The van der Waals surface area contributed by atoms with Crippen molar-refractivity contribution < 1.29 is 5.11 Å². The Balaban J connectivity index is 0. The maximum absolute atomic E-state index is 8.06. The van der Waals surface area contributed by atoms with Crippen molar-refractivity contribution >= 4 is 0 Å². The zero-order valence-corrected chi connectivity index (χ0v) is 9.97. The number of unbranched alkanes of at least 4 members (excludes halogenated alkanes) is 6. The third-order valence-electron chi connectivity index (χ3n) is 1.71. The molecule has 0 aliphatic heterocycles. The van der Waals surface area contributed by atoms with Gasteiger partial charge >= 0.3 is 0 Å². The molecule has 0 aliphatic carbocycles. The van der Waals surface area contributed by atoms with Gasteiger partial charge in [0.1, 0.15) is 0 Å². The largest absolute Gasteiger partial charge is 0.394 e. The van der Waals surface area contributed by atoms with Crippen molar-refractivity contribution in [1.82, 2.24) is 0 Å². The van der Waals surface area contributed by atoms with E-state index in [1.54, 1.807) is 13.8 Å². The molecule has 0 heterocycles. The van der Waals surface area contributed by atoms with E-state index in [4.69, 9.17) is 5.11 Å². The summed E-state index contributed by atoms with van der Waals surface area (Å²) in [7, 11) is 0. The van der Waals surface area contributed by atoms with Gasteiger partial charge < -0.3 is 5.11 Å². The molecule has 82 valence electrons. The Morgan fingerprint density at radius 2 is 1.00 bits per heavy atom. The Hall–Kier alpha value is -0.0400. The van der Waals surface area contributed by atoms with Crippen LogP contribution in [0, 0.1) is 0 Å². The molecule has 0 aliphatic rings. The summed E-state index contributed by atoms with van der Waals surface area (Å²) in [5.74, 6) is 0. The minimum Gasteiger partial charge on any atom is -0.394 e. The Kier molecular flexibility index (Phi) is 17.2. The summed E-state index contributed by atoms with van der Waals surface area (Å²) in [6.45, 7) is 7.97. The molecule has 0 aromatic heterocycles. The molecule has 1 N–H and O–H groups in total. The Bertz CT molecular complexity index is 60.8. The lowest BCUT2D eigenvalue weighted by Crippen LogP contribution is -1.85. The molecule has 0 unspecified atom stereocenters. The standard InChI is InChI=1S/C9H20.C3H8O/c1-3-5-7-9-8-6-4-2;1-3(2)4/h3-9H2,1-2H3;3-4H,1-2H3. The van der Waals surface area contributed by atoms with Crippen molar-refractivity contribution in [2.75, 3.05) is 0 Å². The van der Waals surface area contributed by atoms with Crippen LogP contribution in [0.2, 0.25) is 0 Å². The lowest BCUT2D eigenvalue weighted by atomic mass is 10.1. The van der Waals surface area contributed by atoms with Crippen molar-refractivity contribution in [1.29, 1.82) is 0 Å². The van der Waals surface area contributed by atoms with Crippen molar-refractivity contribution in [3.63, 3.8) is 0 Å². The molecule has 0 aromatic carbocycles. The molecule has 0 saturated heterocycles. The van der Waals surface area contributed by atoms with Crippen LogP contribution >= 0.6 is 0 Å². The second-order valence-electron chi connectivity index (χ2n) is 3.86. The van der Waals surface area contributed by atoms with Gasteiger partial charge in [0.15, 0.2) is 0 Å². The first-order chi connectivity index (χ1) is 6.15. The van der Waals surface area contributed by atoms with Crippen LogP contribution in [-0.4, -0.2) is 11.2 Å². The van der Waals surface area contributed by atoms with Gasteiger partial charge in [0.25, 0.3) is 0 Å². The predicted molar refractivity (Wildman–Crippen MR) is 61.0 cm³/mol. The molecule has 0 fully saturated rings. The zero-order valence-electron chi connectivity index (χ0n) is 9.97. The van der Waals surface area contributed by atoms with E-state index in [2.05, 4.69) is 13.8 Å². The van der Waals surface area contributed by atoms with E-state index in [1.807, 2.05) is 0 Å². The maximum atomic E-state index is 8.06. The predicted octanol–water partition coefficient (Wildman–Crippen LogP) is 4.14. The molecule has 0 spiro atoms. The molecule has 1 nitrogen and oxygen atoms in total. The third-order valence-corrected chi connectivity index (χ3v) is 1.71. The molecule has 0 atom stereocenters. The number of rotatable bonds is 6. The van der Waals surface area contributed by atoms with Crippen molar-refractivity contribution in [2.24, 2.45) is 0 Å². The fourth-order valence-corrected chi connectivity index (χ4v) is 1.03.